The van der Waals surface area contributed by atoms with E-state index < -0.39 is 0 Å². The topological polar surface area (TPSA) is 40.6 Å². The van der Waals surface area contributed by atoms with Crippen molar-refractivity contribution < 1.29 is 9.59 Å². The maximum absolute atomic E-state index is 12.9. The summed E-state index contributed by atoms with van der Waals surface area (Å²) in [5.41, 5.74) is 2.37. The standard InChI is InChI=1S/C19H24N2O2/c1-3-14(4-2)13-21-17-9-6-5-8-15(17)16(19(21)23)12-18(22)20-10-7-11-20/h5-6,8-9,12,14H,3-4,7,10-11,13H2,1-2H3. The Morgan fingerprint density at radius 1 is 1.22 bits per heavy atom. The van der Waals surface area contributed by atoms with Crippen molar-refractivity contribution in [1.82, 2.24) is 4.90 Å². The van der Waals surface area contributed by atoms with Gasteiger partial charge in [0.15, 0.2) is 0 Å². The predicted molar refractivity (Wildman–Crippen MR) is 92.0 cm³/mol. The largest absolute Gasteiger partial charge is 0.339 e. The van der Waals surface area contributed by atoms with Crippen molar-refractivity contribution in [2.75, 3.05) is 24.5 Å². The summed E-state index contributed by atoms with van der Waals surface area (Å²) < 4.78 is 0. The van der Waals surface area contributed by atoms with Gasteiger partial charge in [0.1, 0.15) is 0 Å². The Labute approximate surface area is 137 Å². The van der Waals surface area contributed by atoms with E-state index in [1.54, 1.807) is 4.90 Å². The molecule has 1 aromatic rings. The number of fused-ring (bicyclic) bond motifs is 1. The molecule has 4 nitrogen and oxygen atoms in total. The molecule has 0 saturated carbocycles. The molecule has 23 heavy (non-hydrogen) atoms. The molecule has 0 unspecified atom stereocenters. The first-order chi connectivity index (χ1) is 11.2. The van der Waals surface area contributed by atoms with E-state index in [1.165, 1.54) is 6.08 Å². The van der Waals surface area contributed by atoms with Crippen molar-refractivity contribution in [1.29, 1.82) is 0 Å². The molecular weight excluding hydrogens is 288 g/mol. The lowest BCUT2D eigenvalue weighted by Crippen LogP contribution is -2.41. The fraction of sp³-hybridized carbons (Fsp3) is 0.474. The lowest BCUT2D eigenvalue weighted by atomic mass is 10.0. The summed E-state index contributed by atoms with van der Waals surface area (Å²) in [6.07, 6.45) is 4.69. The number of rotatable bonds is 5. The Morgan fingerprint density at radius 2 is 1.91 bits per heavy atom. The molecule has 3 rings (SSSR count). The van der Waals surface area contributed by atoms with Gasteiger partial charge in [0.05, 0.1) is 11.3 Å². The highest BCUT2D eigenvalue weighted by molar-refractivity contribution is 6.34. The quantitative estimate of drug-likeness (QED) is 0.784. The summed E-state index contributed by atoms with van der Waals surface area (Å²) in [6.45, 7) is 6.64. The summed E-state index contributed by atoms with van der Waals surface area (Å²) >= 11 is 0. The number of hydrogen-bond donors (Lipinski definition) is 0. The maximum atomic E-state index is 12.9. The zero-order valence-electron chi connectivity index (χ0n) is 13.9. The highest BCUT2D eigenvalue weighted by Crippen LogP contribution is 2.37. The van der Waals surface area contributed by atoms with Gasteiger partial charge in [-0.25, -0.2) is 0 Å². The van der Waals surface area contributed by atoms with Crippen molar-refractivity contribution in [2.45, 2.75) is 33.1 Å². The van der Waals surface area contributed by atoms with Gasteiger partial charge in [0, 0.05) is 31.3 Å². The summed E-state index contributed by atoms with van der Waals surface area (Å²) in [7, 11) is 0. The summed E-state index contributed by atoms with van der Waals surface area (Å²) in [4.78, 5) is 28.8. The summed E-state index contributed by atoms with van der Waals surface area (Å²) in [5, 5.41) is 0. The second kappa shape index (κ2) is 6.57. The van der Waals surface area contributed by atoms with E-state index >= 15 is 0 Å². The number of carbonyl (C=O) groups excluding carboxylic acids is 2. The lowest BCUT2D eigenvalue weighted by Gasteiger charge is -2.29. The zero-order chi connectivity index (χ0) is 16.4. The van der Waals surface area contributed by atoms with Crippen LogP contribution in [0.3, 0.4) is 0 Å². The van der Waals surface area contributed by atoms with Crippen molar-refractivity contribution in [3.63, 3.8) is 0 Å². The molecule has 0 bridgehead atoms. The molecule has 122 valence electrons. The fourth-order valence-electron chi connectivity index (χ4n) is 3.18. The van der Waals surface area contributed by atoms with Crippen LogP contribution >= 0.6 is 0 Å². The van der Waals surface area contributed by atoms with Gasteiger partial charge in [-0.1, -0.05) is 44.9 Å². The average molecular weight is 312 g/mol. The molecule has 2 amide bonds. The molecule has 1 saturated heterocycles. The van der Waals surface area contributed by atoms with E-state index in [1.807, 2.05) is 29.2 Å². The van der Waals surface area contributed by atoms with Crippen LogP contribution in [0, 0.1) is 5.92 Å². The van der Waals surface area contributed by atoms with E-state index in [4.69, 9.17) is 0 Å². The molecule has 1 fully saturated rings. The fourth-order valence-corrected chi connectivity index (χ4v) is 3.18. The van der Waals surface area contributed by atoms with E-state index in [0.717, 1.165) is 50.1 Å². The Balaban J connectivity index is 1.91. The number of benzene rings is 1. The third-order valence-corrected chi connectivity index (χ3v) is 4.99. The molecule has 1 aromatic carbocycles. The Bertz CT molecular complexity index is 643. The van der Waals surface area contributed by atoms with Crippen LogP contribution < -0.4 is 4.90 Å². The summed E-state index contributed by atoms with van der Waals surface area (Å²) in [6, 6.07) is 7.79. The first-order valence-corrected chi connectivity index (χ1v) is 8.57. The third kappa shape index (κ3) is 2.90. The average Bonchev–Trinajstić information content (AvgIpc) is 2.76. The normalized spacial score (nSPS) is 18.6. The van der Waals surface area contributed by atoms with Crippen molar-refractivity contribution >= 4 is 23.1 Å². The molecule has 2 heterocycles. The maximum Gasteiger partial charge on any atom is 0.259 e. The van der Waals surface area contributed by atoms with Crippen LogP contribution in [0.2, 0.25) is 0 Å². The van der Waals surface area contributed by atoms with Crippen molar-refractivity contribution in [3.05, 3.63) is 35.9 Å². The molecule has 0 spiro atoms. The second-order valence-electron chi connectivity index (χ2n) is 6.35. The predicted octanol–water partition coefficient (Wildman–Crippen LogP) is 3.09. The van der Waals surface area contributed by atoms with Crippen LogP contribution in [-0.4, -0.2) is 36.3 Å². The number of amides is 2. The van der Waals surface area contributed by atoms with Gasteiger partial charge in [-0.05, 0) is 18.4 Å². The lowest BCUT2D eigenvalue weighted by molar-refractivity contribution is -0.129. The van der Waals surface area contributed by atoms with E-state index in [2.05, 4.69) is 13.8 Å². The first-order valence-electron chi connectivity index (χ1n) is 8.57. The molecular formula is C19H24N2O2. The molecule has 0 N–H and O–H groups in total. The molecule has 0 aromatic heterocycles. The smallest absolute Gasteiger partial charge is 0.259 e. The van der Waals surface area contributed by atoms with Crippen LogP contribution in [0.15, 0.2) is 30.3 Å². The van der Waals surface area contributed by atoms with Gasteiger partial charge >= 0.3 is 0 Å². The zero-order valence-corrected chi connectivity index (χ0v) is 13.9. The van der Waals surface area contributed by atoms with Crippen LogP contribution in [0.4, 0.5) is 5.69 Å². The van der Waals surface area contributed by atoms with Gasteiger partial charge < -0.3 is 9.80 Å². The Kier molecular flexibility index (Phi) is 4.51. The highest BCUT2D eigenvalue weighted by Gasteiger charge is 2.34. The monoisotopic (exact) mass is 312 g/mol. The summed E-state index contributed by atoms with van der Waals surface area (Å²) in [5.74, 6) is 0.406. The minimum absolute atomic E-state index is 0.0352. The minimum Gasteiger partial charge on any atom is -0.339 e. The number of carbonyl (C=O) groups is 2. The highest BCUT2D eigenvalue weighted by atomic mass is 16.2. The van der Waals surface area contributed by atoms with Crippen molar-refractivity contribution in [3.8, 4) is 0 Å². The number of likely N-dealkylation sites (tertiary alicyclic amines) is 1. The number of anilines is 1. The van der Waals surface area contributed by atoms with Crippen LogP contribution in [-0.2, 0) is 9.59 Å². The van der Waals surface area contributed by atoms with Crippen LogP contribution in [0.1, 0.15) is 38.7 Å². The Morgan fingerprint density at radius 3 is 2.52 bits per heavy atom. The van der Waals surface area contributed by atoms with Crippen LogP contribution in [0.25, 0.3) is 5.57 Å². The number of para-hydroxylation sites is 1. The molecule has 4 heteroatoms. The second-order valence-corrected chi connectivity index (χ2v) is 6.35. The van der Waals surface area contributed by atoms with E-state index in [0.29, 0.717) is 11.5 Å². The van der Waals surface area contributed by atoms with E-state index in [9.17, 15) is 9.59 Å². The first kappa shape index (κ1) is 15.8. The van der Waals surface area contributed by atoms with Crippen LogP contribution in [0.5, 0.6) is 0 Å². The van der Waals surface area contributed by atoms with E-state index in [-0.39, 0.29) is 11.8 Å². The van der Waals surface area contributed by atoms with Gasteiger partial charge in [0.25, 0.3) is 5.91 Å². The number of nitrogens with zero attached hydrogens (tertiary/aromatic N) is 2. The van der Waals surface area contributed by atoms with Gasteiger partial charge in [-0.3, -0.25) is 9.59 Å². The Hall–Kier alpha value is -2.10. The molecule has 2 aliphatic rings. The SMILES string of the molecule is CCC(CC)CN1C(=O)C(=CC(=O)N2CCC2)c2ccccc21. The number of hydrogen-bond acceptors (Lipinski definition) is 2. The van der Waals surface area contributed by atoms with Crippen molar-refractivity contribution in [2.24, 2.45) is 5.92 Å². The van der Waals surface area contributed by atoms with Gasteiger partial charge in [-0.15, -0.1) is 0 Å². The van der Waals surface area contributed by atoms with Gasteiger partial charge in [0.2, 0.25) is 5.91 Å². The van der Waals surface area contributed by atoms with Gasteiger partial charge in [-0.2, -0.15) is 0 Å². The minimum atomic E-state index is -0.0428. The molecule has 2 aliphatic heterocycles. The third-order valence-electron chi connectivity index (χ3n) is 4.99. The molecule has 0 aliphatic carbocycles. The molecule has 0 radical (unpaired) electrons. The molecule has 0 atom stereocenters.